The Morgan fingerprint density at radius 3 is 1.43 bits per heavy atom. The van der Waals surface area contributed by atoms with Gasteiger partial charge in [0.2, 0.25) is 0 Å². The lowest BCUT2D eigenvalue weighted by Gasteiger charge is -2.34. The lowest BCUT2D eigenvalue weighted by atomic mass is 9.76. The van der Waals surface area contributed by atoms with Gasteiger partial charge in [0.25, 0.3) is 0 Å². The zero-order valence-electron chi connectivity index (χ0n) is 36.2. The fourth-order valence-electron chi connectivity index (χ4n) is 9.34. The Kier molecular flexibility index (Phi) is 11.4. The van der Waals surface area contributed by atoms with Gasteiger partial charge in [-0.05, 0) is 156 Å². The molecule has 0 saturated heterocycles. The number of rotatable bonds is 11. The van der Waals surface area contributed by atoms with Crippen molar-refractivity contribution in [2.24, 2.45) is 0 Å². The summed E-state index contributed by atoms with van der Waals surface area (Å²) in [6, 6.07) is 56.1. The molecule has 4 aliphatic carbocycles. The maximum Gasteiger partial charge on any atom is 0.0461 e. The quantitative estimate of drug-likeness (QED) is 0.129. The van der Waals surface area contributed by atoms with Crippen molar-refractivity contribution in [3.8, 4) is 22.3 Å². The third kappa shape index (κ3) is 8.68. The van der Waals surface area contributed by atoms with E-state index in [1.165, 1.54) is 61.5 Å². The molecule has 0 fully saturated rings. The number of hydrogen-bond acceptors (Lipinski definition) is 2. The molecule has 308 valence electrons. The smallest absolute Gasteiger partial charge is 0.0461 e. The van der Waals surface area contributed by atoms with Crippen molar-refractivity contribution < 1.29 is 0 Å². The van der Waals surface area contributed by atoms with Gasteiger partial charge >= 0.3 is 0 Å². The predicted octanol–water partition coefficient (Wildman–Crippen LogP) is 16.8. The van der Waals surface area contributed by atoms with Gasteiger partial charge in [0.15, 0.2) is 0 Å². The fraction of sp³-hybridized carbons (Fsp3) is 0.148. The van der Waals surface area contributed by atoms with Crippen molar-refractivity contribution >= 4 is 33.9 Å². The second-order valence-electron chi connectivity index (χ2n) is 17.3. The normalized spacial score (nSPS) is 18.0. The van der Waals surface area contributed by atoms with Gasteiger partial charge in [-0.3, -0.25) is 0 Å². The Morgan fingerprint density at radius 2 is 0.921 bits per heavy atom. The van der Waals surface area contributed by atoms with Gasteiger partial charge in [-0.15, -0.1) is 0 Å². The lowest BCUT2D eigenvalue weighted by Crippen LogP contribution is -2.24. The summed E-state index contributed by atoms with van der Waals surface area (Å²) in [4.78, 5) is 4.81. The van der Waals surface area contributed by atoms with Crippen LogP contribution in [0.2, 0.25) is 0 Å². The largest absolute Gasteiger partial charge is 0.311 e. The number of benzene rings is 6. The van der Waals surface area contributed by atoms with Crippen LogP contribution in [-0.4, -0.2) is 0 Å². The van der Waals surface area contributed by atoms with Crippen molar-refractivity contribution in [3.63, 3.8) is 0 Å². The lowest BCUT2D eigenvalue weighted by molar-refractivity contribution is 0.595. The highest BCUT2D eigenvalue weighted by atomic mass is 15.2. The Morgan fingerprint density at radius 1 is 0.413 bits per heavy atom. The molecule has 1 unspecified atom stereocenters. The van der Waals surface area contributed by atoms with E-state index in [0.29, 0.717) is 0 Å². The van der Waals surface area contributed by atoms with Crippen LogP contribution in [0, 0.1) is 0 Å². The third-order valence-corrected chi connectivity index (χ3v) is 13.0. The van der Waals surface area contributed by atoms with Gasteiger partial charge in [-0.1, -0.05) is 171 Å². The Hall–Kier alpha value is -7.16. The fourth-order valence-corrected chi connectivity index (χ4v) is 9.34. The summed E-state index contributed by atoms with van der Waals surface area (Å²) in [5.41, 5.74) is 18.4. The van der Waals surface area contributed by atoms with Crippen molar-refractivity contribution in [2.75, 3.05) is 9.80 Å². The first kappa shape index (κ1) is 39.9. The van der Waals surface area contributed by atoms with Gasteiger partial charge < -0.3 is 9.80 Å². The number of anilines is 4. The van der Waals surface area contributed by atoms with Crippen LogP contribution in [0.3, 0.4) is 0 Å². The van der Waals surface area contributed by atoms with E-state index in [1.807, 2.05) is 0 Å². The molecule has 2 nitrogen and oxygen atoms in total. The summed E-state index contributed by atoms with van der Waals surface area (Å²) in [5, 5.41) is 0. The third-order valence-electron chi connectivity index (χ3n) is 13.0. The van der Waals surface area contributed by atoms with Crippen molar-refractivity contribution in [3.05, 3.63) is 253 Å². The van der Waals surface area contributed by atoms with Crippen LogP contribution in [0.1, 0.15) is 68.6 Å². The summed E-state index contributed by atoms with van der Waals surface area (Å²) in [5.74, 6) is 0. The molecule has 0 aliphatic heterocycles. The molecular formula is C61H54N2. The van der Waals surface area contributed by atoms with Crippen LogP contribution < -0.4 is 9.80 Å². The minimum atomic E-state index is -0.147. The molecule has 0 N–H and O–H groups in total. The van der Waals surface area contributed by atoms with Crippen molar-refractivity contribution in [1.82, 2.24) is 0 Å². The molecule has 2 heteroatoms. The molecule has 0 saturated carbocycles. The molecular weight excluding hydrogens is 761 g/mol. The minimum Gasteiger partial charge on any atom is -0.311 e. The van der Waals surface area contributed by atoms with Crippen LogP contribution >= 0.6 is 0 Å². The second-order valence-corrected chi connectivity index (χ2v) is 17.3. The molecule has 0 radical (unpaired) electrons. The average molecular weight is 815 g/mol. The average Bonchev–Trinajstić information content (AvgIpc) is 3.37. The van der Waals surface area contributed by atoms with E-state index in [-0.39, 0.29) is 5.41 Å². The Bertz CT molecular complexity index is 2810. The summed E-state index contributed by atoms with van der Waals surface area (Å²) >= 11 is 0. The SMILES string of the molecule is CC1(c2ccc(N(C3=CCCC=C3)c3ccc(-c4ccc(C5=CCCC=C5)cc4)cc3)cc2)C=CC(N(c2ccc(C3=CC=CCC3)cc2)c2ccc(-c3ccccc3)cc2)=CC1. The molecule has 0 heterocycles. The first-order valence-corrected chi connectivity index (χ1v) is 22.7. The standard InChI is InChI=1S/C61H54N2/c1-61(44-42-60(43-45-61)63(57-34-26-51(27-35-57)47-16-8-3-9-17-47)58-36-28-52(29-37-58)48-18-10-4-11-19-48)54-32-40-59(41-33-54)62(55-20-12-5-13-21-55)56-38-30-53(31-39-56)50-24-22-49(23-25-50)46-14-6-2-7-15-46/h3-4,6,8-10,12,14-18,20-44H,2,5,7,11,13,19,45H2,1H3. The molecule has 0 aromatic heterocycles. The summed E-state index contributed by atoms with van der Waals surface area (Å²) in [6.07, 6.45) is 35.1. The van der Waals surface area contributed by atoms with Crippen LogP contribution in [0.25, 0.3) is 33.4 Å². The second kappa shape index (κ2) is 18.1. The maximum absolute atomic E-state index is 2.42. The van der Waals surface area contributed by atoms with Gasteiger partial charge in [0.1, 0.15) is 0 Å². The summed E-state index contributed by atoms with van der Waals surface area (Å²) in [7, 11) is 0. The predicted molar refractivity (Wildman–Crippen MR) is 269 cm³/mol. The van der Waals surface area contributed by atoms with E-state index in [1.54, 1.807) is 0 Å². The highest BCUT2D eigenvalue weighted by Gasteiger charge is 2.28. The molecule has 0 spiro atoms. The zero-order valence-corrected chi connectivity index (χ0v) is 36.2. The van der Waals surface area contributed by atoms with E-state index in [2.05, 4.69) is 241 Å². The molecule has 0 bridgehead atoms. The molecule has 6 aromatic carbocycles. The number of nitrogens with zero attached hydrogens (tertiary/aromatic N) is 2. The molecule has 10 rings (SSSR count). The first-order chi connectivity index (χ1) is 31.1. The monoisotopic (exact) mass is 814 g/mol. The van der Waals surface area contributed by atoms with Crippen LogP contribution in [0.4, 0.5) is 22.7 Å². The molecule has 0 amide bonds. The van der Waals surface area contributed by atoms with Gasteiger partial charge in [-0.25, -0.2) is 0 Å². The van der Waals surface area contributed by atoms with Crippen LogP contribution in [0.5, 0.6) is 0 Å². The molecule has 4 aliphatic rings. The van der Waals surface area contributed by atoms with E-state index >= 15 is 0 Å². The molecule has 6 aromatic rings. The van der Waals surface area contributed by atoms with E-state index in [9.17, 15) is 0 Å². The number of allylic oxidation sites excluding steroid dienone is 14. The zero-order chi connectivity index (χ0) is 42.4. The minimum absolute atomic E-state index is 0.147. The topological polar surface area (TPSA) is 6.48 Å². The van der Waals surface area contributed by atoms with E-state index in [0.717, 1.165) is 67.7 Å². The number of hydrogen-bond donors (Lipinski definition) is 0. The highest BCUT2D eigenvalue weighted by molar-refractivity contribution is 5.79. The van der Waals surface area contributed by atoms with Crippen LogP contribution in [0.15, 0.2) is 236 Å². The highest BCUT2D eigenvalue weighted by Crippen LogP contribution is 2.41. The van der Waals surface area contributed by atoms with Crippen LogP contribution in [-0.2, 0) is 5.41 Å². The van der Waals surface area contributed by atoms with E-state index < -0.39 is 0 Å². The van der Waals surface area contributed by atoms with Gasteiger partial charge in [-0.2, -0.15) is 0 Å². The molecule has 63 heavy (non-hydrogen) atoms. The Balaban J connectivity index is 0.902. The molecule has 1 atom stereocenters. The van der Waals surface area contributed by atoms with Gasteiger partial charge in [0.05, 0.1) is 0 Å². The van der Waals surface area contributed by atoms with Crippen molar-refractivity contribution in [2.45, 2.75) is 57.3 Å². The summed E-state index contributed by atoms with van der Waals surface area (Å²) in [6.45, 7) is 2.37. The summed E-state index contributed by atoms with van der Waals surface area (Å²) < 4.78 is 0. The van der Waals surface area contributed by atoms with E-state index in [4.69, 9.17) is 0 Å². The maximum atomic E-state index is 2.42. The van der Waals surface area contributed by atoms with Crippen molar-refractivity contribution in [1.29, 1.82) is 0 Å². The Labute approximate surface area is 374 Å². The van der Waals surface area contributed by atoms with Gasteiger partial charge in [0, 0.05) is 39.6 Å². The first-order valence-electron chi connectivity index (χ1n) is 22.7.